The number of pyridine rings is 1. The van der Waals surface area contributed by atoms with Gasteiger partial charge in [0.25, 0.3) is 0 Å². The van der Waals surface area contributed by atoms with Crippen LogP contribution >= 0.6 is 12.6 Å². The summed E-state index contributed by atoms with van der Waals surface area (Å²) in [7, 11) is 0. The van der Waals surface area contributed by atoms with Gasteiger partial charge in [0.1, 0.15) is 6.10 Å². The predicted octanol–water partition coefficient (Wildman–Crippen LogP) is 0.494. The third-order valence-electron chi connectivity index (χ3n) is 2.19. The van der Waals surface area contributed by atoms with Crippen molar-refractivity contribution in [1.29, 1.82) is 0 Å². The lowest BCUT2D eigenvalue weighted by Gasteiger charge is -2.18. The van der Waals surface area contributed by atoms with E-state index < -0.39 is 18.2 Å². The van der Waals surface area contributed by atoms with Gasteiger partial charge in [-0.1, -0.05) is 0 Å². The van der Waals surface area contributed by atoms with Crippen LogP contribution in [0.4, 0.5) is 0 Å². The number of nitrogens with zero attached hydrogens (tertiary/aromatic N) is 1. The maximum atomic E-state index is 10.9. The van der Waals surface area contributed by atoms with Crippen molar-refractivity contribution in [2.45, 2.75) is 18.6 Å². The number of rotatable bonds is 5. The van der Waals surface area contributed by atoms with E-state index in [4.69, 9.17) is 5.11 Å². The van der Waals surface area contributed by atoms with Crippen molar-refractivity contribution in [3.63, 3.8) is 0 Å². The highest BCUT2D eigenvalue weighted by atomic mass is 32.1. The number of thiol groups is 1. The number of hydrogen-bond acceptors (Lipinski definition) is 5. The van der Waals surface area contributed by atoms with Crippen molar-refractivity contribution < 1.29 is 20.1 Å². The van der Waals surface area contributed by atoms with Gasteiger partial charge in [-0.05, 0) is 18.2 Å². The van der Waals surface area contributed by atoms with E-state index in [9.17, 15) is 15.0 Å². The number of aliphatic hydroxyl groups is 2. The van der Waals surface area contributed by atoms with Gasteiger partial charge in [0.15, 0.2) is 0 Å². The summed E-state index contributed by atoms with van der Waals surface area (Å²) in [6.45, 7) is 0. The molecule has 0 saturated carbocycles. The highest BCUT2D eigenvalue weighted by molar-refractivity contribution is 7.80. The Morgan fingerprint density at radius 3 is 2.75 bits per heavy atom. The summed E-state index contributed by atoms with van der Waals surface area (Å²) in [6, 6.07) is 1.29. The van der Waals surface area contributed by atoms with E-state index in [-0.39, 0.29) is 17.5 Å². The molecule has 0 aliphatic heterocycles. The third kappa shape index (κ3) is 2.94. The van der Waals surface area contributed by atoms with Crippen LogP contribution in [-0.2, 0) is 0 Å². The van der Waals surface area contributed by atoms with E-state index in [2.05, 4.69) is 17.6 Å². The fourth-order valence-electron chi connectivity index (χ4n) is 1.33. The molecule has 0 bridgehead atoms. The molecule has 1 aromatic heterocycles. The minimum atomic E-state index is -1.26. The number of hydrogen-bond donors (Lipinski definition) is 4. The number of aromatic carboxylic acids is 1. The zero-order valence-electron chi connectivity index (χ0n) is 8.45. The Balaban J connectivity index is 2.98. The standard InChI is InChI=1S/C10H13NO4S/c12-8(2-4-16)9(13)7-5-11-3-1-6(7)10(14)15/h1,3,5,8-9,12-13,16H,2,4H2,(H,14,15). The molecule has 0 aromatic carbocycles. The van der Waals surface area contributed by atoms with Gasteiger partial charge in [-0.2, -0.15) is 12.6 Å². The van der Waals surface area contributed by atoms with Crippen LogP contribution in [0.1, 0.15) is 28.4 Å². The molecule has 16 heavy (non-hydrogen) atoms. The maximum absolute atomic E-state index is 10.9. The van der Waals surface area contributed by atoms with E-state index in [0.29, 0.717) is 5.75 Å². The summed E-state index contributed by atoms with van der Waals surface area (Å²) < 4.78 is 0. The molecular weight excluding hydrogens is 230 g/mol. The fraction of sp³-hybridized carbons (Fsp3) is 0.400. The lowest BCUT2D eigenvalue weighted by Crippen LogP contribution is -2.21. The van der Waals surface area contributed by atoms with E-state index in [1.807, 2.05) is 0 Å². The van der Waals surface area contributed by atoms with Gasteiger partial charge in [0, 0.05) is 18.0 Å². The van der Waals surface area contributed by atoms with Crippen LogP contribution in [0.2, 0.25) is 0 Å². The Hall–Kier alpha value is -1.11. The zero-order chi connectivity index (χ0) is 12.1. The van der Waals surface area contributed by atoms with Gasteiger partial charge in [-0.3, -0.25) is 4.98 Å². The zero-order valence-corrected chi connectivity index (χ0v) is 9.34. The molecule has 2 atom stereocenters. The lowest BCUT2D eigenvalue weighted by molar-refractivity contribution is 0.0160. The summed E-state index contributed by atoms with van der Waals surface area (Å²) >= 11 is 3.93. The highest BCUT2D eigenvalue weighted by Gasteiger charge is 2.23. The van der Waals surface area contributed by atoms with Gasteiger partial charge < -0.3 is 15.3 Å². The Bertz CT molecular complexity index is 372. The molecular formula is C10H13NO4S. The van der Waals surface area contributed by atoms with Crippen LogP contribution < -0.4 is 0 Å². The third-order valence-corrected chi connectivity index (χ3v) is 2.45. The molecule has 88 valence electrons. The molecule has 2 unspecified atom stereocenters. The Morgan fingerprint density at radius 1 is 1.50 bits per heavy atom. The SMILES string of the molecule is O=C(O)c1ccncc1C(O)C(O)CCS. The molecule has 0 fully saturated rings. The summed E-state index contributed by atoms with van der Waals surface area (Å²) in [5.41, 5.74) is 0.0602. The second-order valence-electron chi connectivity index (χ2n) is 3.29. The van der Waals surface area contributed by atoms with E-state index in [0.717, 1.165) is 0 Å². The minimum Gasteiger partial charge on any atom is -0.478 e. The summed E-state index contributed by atoms with van der Waals surface area (Å²) in [6.07, 6.45) is 0.547. The Kier molecular flexibility index (Phi) is 4.72. The van der Waals surface area contributed by atoms with E-state index >= 15 is 0 Å². The molecule has 0 radical (unpaired) electrons. The van der Waals surface area contributed by atoms with Gasteiger partial charge in [0.2, 0.25) is 0 Å². The van der Waals surface area contributed by atoms with Crippen molar-refractivity contribution in [3.8, 4) is 0 Å². The molecule has 6 heteroatoms. The summed E-state index contributed by atoms with van der Waals surface area (Å²) in [5.74, 6) is -0.754. The number of carbonyl (C=O) groups is 1. The summed E-state index contributed by atoms with van der Waals surface area (Å²) in [4.78, 5) is 14.6. The second kappa shape index (κ2) is 5.83. The molecule has 0 aliphatic rings. The molecule has 0 spiro atoms. The van der Waals surface area contributed by atoms with Gasteiger partial charge in [-0.15, -0.1) is 0 Å². The quantitative estimate of drug-likeness (QED) is 0.565. The van der Waals surface area contributed by atoms with Crippen LogP contribution in [-0.4, -0.2) is 38.1 Å². The first-order chi connectivity index (χ1) is 7.57. The van der Waals surface area contributed by atoms with Gasteiger partial charge >= 0.3 is 5.97 Å². The average molecular weight is 243 g/mol. The van der Waals surface area contributed by atoms with Gasteiger partial charge in [-0.25, -0.2) is 4.79 Å². The second-order valence-corrected chi connectivity index (χ2v) is 3.74. The number of carboxylic acid groups (broad SMARTS) is 1. The molecule has 0 saturated heterocycles. The molecule has 0 amide bonds. The smallest absolute Gasteiger partial charge is 0.336 e. The maximum Gasteiger partial charge on any atom is 0.336 e. The van der Waals surface area contributed by atoms with Gasteiger partial charge in [0.05, 0.1) is 11.7 Å². The average Bonchev–Trinajstić information content (AvgIpc) is 2.28. The van der Waals surface area contributed by atoms with Crippen LogP contribution in [0.5, 0.6) is 0 Å². The van der Waals surface area contributed by atoms with Crippen LogP contribution in [0, 0.1) is 0 Å². The van der Waals surface area contributed by atoms with Crippen molar-refractivity contribution >= 4 is 18.6 Å². The van der Waals surface area contributed by atoms with Crippen molar-refractivity contribution in [2.24, 2.45) is 0 Å². The lowest BCUT2D eigenvalue weighted by atomic mass is 10.00. The first-order valence-electron chi connectivity index (χ1n) is 4.72. The van der Waals surface area contributed by atoms with Crippen LogP contribution in [0.3, 0.4) is 0 Å². The first kappa shape index (κ1) is 13.0. The largest absolute Gasteiger partial charge is 0.478 e. The number of aliphatic hydroxyl groups excluding tert-OH is 2. The number of carboxylic acids is 1. The highest BCUT2D eigenvalue weighted by Crippen LogP contribution is 2.22. The minimum absolute atomic E-state index is 0.0549. The topological polar surface area (TPSA) is 90.7 Å². The first-order valence-corrected chi connectivity index (χ1v) is 5.35. The van der Waals surface area contributed by atoms with E-state index in [1.54, 1.807) is 0 Å². The normalized spacial score (nSPS) is 14.4. The molecule has 5 nitrogen and oxygen atoms in total. The summed E-state index contributed by atoms with van der Waals surface area (Å²) in [5, 5.41) is 28.2. The fourth-order valence-corrected chi connectivity index (χ4v) is 1.60. The molecule has 1 heterocycles. The predicted molar refractivity (Wildman–Crippen MR) is 60.6 cm³/mol. The molecule has 3 N–H and O–H groups in total. The molecule has 1 rings (SSSR count). The van der Waals surface area contributed by atoms with Crippen LogP contribution in [0.15, 0.2) is 18.5 Å². The van der Waals surface area contributed by atoms with E-state index in [1.165, 1.54) is 18.5 Å². The monoisotopic (exact) mass is 243 g/mol. The number of aromatic nitrogens is 1. The molecule has 1 aromatic rings. The Labute approximate surface area is 98.2 Å². The van der Waals surface area contributed by atoms with Crippen molar-refractivity contribution in [2.75, 3.05) is 5.75 Å². The van der Waals surface area contributed by atoms with Crippen molar-refractivity contribution in [1.82, 2.24) is 4.98 Å². The van der Waals surface area contributed by atoms with Crippen molar-refractivity contribution in [3.05, 3.63) is 29.6 Å². The molecule has 0 aliphatic carbocycles. The van der Waals surface area contributed by atoms with Crippen LogP contribution in [0.25, 0.3) is 0 Å². The Morgan fingerprint density at radius 2 is 2.19 bits per heavy atom.